The smallest absolute Gasteiger partial charge is 0.336 e. The molecule has 0 radical (unpaired) electrons. The molecule has 1 saturated heterocycles. The SMILES string of the molecule is Cc1ccc2c(CN(C)Cc3ccccc3N3CCOCC3)cc(=O)oc2c1. The van der Waals surface area contributed by atoms with Crippen molar-refractivity contribution in [1.82, 2.24) is 4.90 Å². The molecule has 0 saturated carbocycles. The van der Waals surface area contributed by atoms with Gasteiger partial charge in [-0.3, -0.25) is 4.90 Å². The summed E-state index contributed by atoms with van der Waals surface area (Å²) in [5, 5.41) is 0.999. The van der Waals surface area contributed by atoms with Crippen LogP contribution in [0.3, 0.4) is 0 Å². The fourth-order valence-electron chi connectivity index (χ4n) is 3.86. The van der Waals surface area contributed by atoms with Gasteiger partial charge < -0.3 is 14.1 Å². The third kappa shape index (κ3) is 4.11. The molecule has 0 bridgehead atoms. The van der Waals surface area contributed by atoms with Crippen LogP contribution in [0.15, 0.2) is 57.7 Å². The van der Waals surface area contributed by atoms with E-state index in [1.807, 2.05) is 19.1 Å². The Labute approximate surface area is 165 Å². The van der Waals surface area contributed by atoms with Crippen molar-refractivity contribution in [2.45, 2.75) is 20.0 Å². The first-order valence-corrected chi connectivity index (χ1v) is 9.73. The first-order valence-electron chi connectivity index (χ1n) is 9.73. The lowest BCUT2D eigenvalue weighted by atomic mass is 10.1. The number of fused-ring (bicyclic) bond motifs is 1. The van der Waals surface area contributed by atoms with Crippen molar-refractivity contribution in [3.8, 4) is 0 Å². The summed E-state index contributed by atoms with van der Waals surface area (Å²) in [5.74, 6) is 0. The molecule has 3 aromatic rings. The van der Waals surface area contributed by atoms with Crippen molar-refractivity contribution in [2.75, 3.05) is 38.3 Å². The summed E-state index contributed by atoms with van der Waals surface area (Å²) in [7, 11) is 2.09. The molecular formula is C23H26N2O3. The van der Waals surface area contributed by atoms with E-state index < -0.39 is 0 Å². The number of anilines is 1. The molecule has 5 nitrogen and oxygen atoms in total. The highest BCUT2D eigenvalue weighted by Crippen LogP contribution is 2.24. The van der Waals surface area contributed by atoms with Gasteiger partial charge in [-0.2, -0.15) is 0 Å². The second-order valence-electron chi connectivity index (χ2n) is 7.49. The molecule has 0 N–H and O–H groups in total. The van der Waals surface area contributed by atoms with Gasteiger partial charge in [-0.1, -0.05) is 30.3 Å². The Hall–Kier alpha value is -2.63. The fraction of sp³-hybridized carbons (Fsp3) is 0.348. The number of para-hydroxylation sites is 1. The number of hydrogen-bond acceptors (Lipinski definition) is 5. The van der Waals surface area contributed by atoms with Crippen LogP contribution in [-0.4, -0.2) is 38.3 Å². The zero-order valence-electron chi connectivity index (χ0n) is 16.5. The third-order valence-corrected chi connectivity index (χ3v) is 5.21. The highest BCUT2D eigenvalue weighted by molar-refractivity contribution is 5.80. The second kappa shape index (κ2) is 8.17. The maximum atomic E-state index is 12.0. The molecule has 2 aromatic carbocycles. The van der Waals surface area contributed by atoms with Gasteiger partial charge in [0.1, 0.15) is 5.58 Å². The van der Waals surface area contributed by atoms with Crippen molar-refractivity contribution in [3.63, 3.8) is 0 Å². The van der Waals surface area contributed by atoms with Crippen LogP contribution in [0.1, 0.15) is 16.7 Å². The average molecular weight is 378 g/mol. The molecule has 1 fully saturated rings. The molecule has 4 rings (SSSR count). The average Bonchev–Trinajstić information content (AvgIpc) is 2.68. The lowest BCUT2D eigenvalue weighted by molar-refractivity contribution is 0.122. The van der Waals surface area contributed by atoms with E-state index in [4.69, 9.17) is 9.15 Å². The number of benzene rings is 2. The first kappa shape index (κ1) is 18.7. The molecule has 0 aliphatic carbocycles. The number of aryl methyl sites for hydroxylation is 1. The van der Waals surface area contributed by atoms with Crippen LogP contribution in [-0.2, 0) is 17.8 Å². The summed E-state index contributed by atoms with van der Waals surface area (Å²) in [6.07, 6.45) is 0. The molecule has 1 aliphatic rings. The summed E-state index contributed by atoms with van der Waals surface area (Å²) in [5.41, 5.74) is 5.00. The van der Waals surface area contributed by atoms with Crippen molar-refractivity contribution in [1.29, 1.82) is 0 Å². The highest BCUT2D eigenvalue weighted by Gasteiger charge is 2.16. The Bertz CT molecular complexity index is 1020. The zero-order chi connectivity index (χ0) is 19.5. The van der Waals surface area contributed by atoms with E-state index in [1.165, 1.54) is 11.3 Å². The molecule has 28 heavy (non-hydrogen) atoms. The van der Waals surface area contributed by atoms with Gasteiger partial charge in [0.2, 0.25) is 0 Å². The van der Waals surface area contributed by atoms with Gasteiger partial charge in [0, 0.05) is 43.3 Å². The van der Waals surface area contributed by atoms with E-state index in [1.54, 1.807) is 6.07 Å². The van der Waals surface area contributed by atoms with Gasteiger partial charge in [-0.25, -0.2) is 4.79 Å². The quantitative estimate of drug-likeness (QED) is 0.635. The monoisotopic (exact) mass is 378 g/mol. The molecule has 0 spiro atoms. The van der Waals surface area contributed by atoms with E-state index in [9.17, 15) is 4.79 Å². The Morgan fingerprint density at radius 1 is 1.00 bits per heavy atom. The van der Waals surface area contributed by atoms with Gasteiger partial charge in [-0.15, -0.1) is 0 Å². The standard InChI is InChI=1S/C23H26N2O3/c1-17-7-8-20-19(14-23(26)28-22(20)13-17)16-24(2)15-18-5-3-4-6-21(18)25-9-11-27-12-10-25/h3-8,13-14H,9-12,15-16H2,1-2H3. The second-order valence-corrected chi connectivity index (χ2v) is 7.49. The van der Waals surface area contributed by atoms with Gasteiger partial charge >= 0.3 is 5.63 Å². The molecule has 1 aliphatic heterocycles. The largest absolute Gasteiger partial charge is 0.423 e. The predicted molar refractivity (Wildman–Crippen MR) is 112 cm³/mol. The molecule has 5 heteroatoms. The van der Waals surface area contributed by atoms with E-state index in [-0.39, 0.29) is 5.63 Å². The summed E-state index contributed by atoms with van der Waals surface area (Å²) in [4.78, 5) is 16.6. The summed E-state index contributed by atoms with van der Waals surface area (Å²) < 4.78 is 10.9. The minimum absolute atomic E-state index is 0.296. The Kier molecular flexibility index (Phi) is 5.46. The molecule has 0 amide bonds. The van der Waals surface area contributed by atoms with Crippen LogP contribution in [0.2, 0.25) is 0 Å². The van der Waals surface area contributed by atoms with Crippen molar-refractivity contribution >= 4 is 16.7 Å². The predicted octanol–water partition coefficient (Wildman–Crippen LogP) is 3.57. The zero-order valence-corrected chi connectivity index (χ0v) is 16.5. The molecule has 2 heterocycles. The van der Waals surface area contributed by atoms with Crippen LogP contribution in [0, 0.1) is 6.92 Å². The van der Waals surface area contributed by atoms with Crippen LogP contribution < -0.4 is 10.5 Å². The fourth-order valence-corrected chi connectivity index (χ4v) is 3.86. The molecule has 0 atom stereocenters. The van der Waals surface area contributed by atoms with Crippen molar-refractivity contribution in [3.05, 3.63) is 75.6 Å². The number of rotatable bonds is 5. The van der Waals surface area contributed by atoms with Crippen molar-refractivity contribution < 1.29 is 9.15 Å². The Balaban J connectivity index is 1.57. The summed E-state index contributed by atoms with van der Waals surface area (Å²) in [6, 6.07) is 16.2. The lowest BCUT2D eigenvalue weighted by Crippen LogP contribution is -2.37. The maximum Gasteiger partial charge on any atom is 0.336 e. The van der Waals surface area contributed by atoms with E-state index in [0.717, 1.165) is 49.4 Å². The highest BCUT2D eigenvalue weighted by atomic mass is 16.5. The number of nitrogens with zero attached hydrogens (tertiary/aromatic N) is 2. The molecular weight excluding hydrogens is 352 g/mol. The van der Waals surface area contributed by atoms with Crippen LogP contribution >= 0.6 is 0 Å². The first-order chi connectivity index (χ1) is 13.6. The Morgan fingerprint density at radius 3 is 2.57 bits per heavy atom. The van der Waals surface area contributed by atoms with E-state index >= 15 is 0 Å². The van der Waals surface area contributed by atoms with Gasteiger partial charge in [-0.05, 0) is 42.8 Å². The van der Waals surface area contributed by atoms with Crippen molar-refractivity contribution in [2.24, 2.45) is 0 Å². The van der Waals surface area contributed by atoms with Gasteiger partial charge in [0.15, 0.2) is 0 Å². The Morgan fingerprint density at radius 2 is 1.75 bits per heavy atom. The van der Waals surface area contributed by atoms with Gasteiger partial charge in [0.25, 0.3) is 0 Å². The molecule has 146 valence electrons. The number of morpholine rings is 1. The molecule has 0 unspecified atom stereocenters. The van der Waals surface area contributed by atoms with Gasteiger partial charge in [0.05, 0.1) is 13.2 Å². The third-order valence-electron chi connectivity index (χ3n) is 5.21. The van der Waals surface area contributed by atoms with Crippen LogP contribution in [0.4, 0.5) is 5.69 Å². The normalized spacial score (nSPS) is 14.8. The number of ether oxygens (including phenoxy) is 1. The minimum Gasteiger partial charge on any atom is -0.423 e. The van der Waals surface area contributed by atoms with E-state index in [0.29, 0.717) is 12.1 Å². The summed E-state index contributed by atoms with van der Waals surface area (Å²) >= 11 is 0. The number of hydrogen-bond donors (Lipinski definition) is 0. The topological polar surface area (TPSA) is 45.9 Å². The molecule has 1 aromatic heterocycles. The minimum atomic E-state index is -0.296. The maximum absolute atomic E-state index is 12.0. The summed E-state index contributed by atoms with van der Waals surface area (Å²) in [6.45, 7) is 6.88. The van der Waals surface area contributed by atoms with Crippen LogP contribution in [0.25, 0.3) is 11.0 Å². The van der Waals surface area contributed by atoms with Crippen LogP contribution in [0.5, 0.6) is 0 Å². The lowest BCUT2D eigenvalue weighted by Gasteiger charge is -2.31. The van der Waals surface area contributed by atoms with E-state index in [2.05, 4.69) is 47.2 Å².